The number of aliphatic hydroxyl groups excluding tert-OH is 26. The molecule has 28 N–H and O–H groups in total. The number of hydrogen-bond acceptors (Lipinski definition) is 48. The van der Waals surface area contributed by atoms with E-state index in [2.05, 4.69) is 10.6 Å². The number of methoxy groups -OCH3 is 1. The molecule has 115 heavy (non-hydrogen) atoms. The van der Waals surface area contributed by atoms with Crippen LogP contribution in [0.1, 0.15) is 34.6 Å². The van der Waals surface area contributed by atoms with Crippen LogP contribution in [-0.4, -0.2) is 505 Å². The molecule has 0 spiro atoms. The molecule has 50 heteroatoms. The Bertz CT molecular complexity index is 3010. The van der Waals surface area contributed by atoms with Crippen molar-refractivity contribution in [2.45, 2.75) is 342 Å². The van der Waals surface area contributed by atoms with Crippen LogP contribution in [0, 0.1) is 0 Å². The Morgan fingerprint density at radius 2 is 0.513 bits per heavy atom. The summed E-state index contributed by atoms with van der Waals surface area (Å²) in [5.74, 6) is -1.94. The van der Waals surface area contributed by atoms with Crippen molar-refractivity contribution in [3.05, 3.63) is 0 Å². The highest BCUT2D eigenvalue weighted by Gasteiger charge is 2.62. The number of carbonyl (C=O) groups excluding carboxylic acids is 2. The van der Waals surface area contributed by atoms with Gasteiger partial charge in [0.15, 0.2) is 62.9 Å². The van der Waals surface area contributed by atoms with Crippen LogP contribution in [0.15, 0.2) is 0 Å². The molecule has 10 aliphatic rings. The van der Waals surface area contributed by atoms with E-state index in [0.717, 1.165) is 21.0 Å². The van der Waals surface area contributed by atoms with Crippen molar-refractivity contribution < 1.29 is 237 Å². The van der Waals surface area contributed by atoms with Crippen molar-refractivity contribution in [1.29, 1.82) is 0 Å². The molecule has 0 unspecified atom stereocenters. The maximum Gasteiger partial charge on any atom is 0.217 e. The first-order valence-corrected chi connectivity index (χ1v) is 37.1. The van der Waals surface area contributed by atoms with Crippen LogP contribution in [0.2, 0.25) is 0 Å². The molecular formula is C65H110N2O48. The van der Waals surface area contributed by atoms with Crippen molar-refractivity contribution >= 4 is 11.8 Å². The van der Waals surface area contributed by atoms with Gasteiger partial charge >= 0.3 is 0 Å². The highest BCUT2D eigenvalue weighted by Crippen LogP contribution is 2.42. The molecule has 0 aromatic heterocycles. The highest BCUT2D eigenvalue weighted by atomic mass is 16.8. The first kappa shape index (κ1) is 94.4. The predicted molar refractivity (Wildman–Crippen MR) is 353 cm³/mol. The van der Waals surface area contributed by atoms with E-state index in [1.165, 1.54) is 20.8 Å². The Morgan fingerprint density at radius 3 is 0.861 bits per heavy atom. The number of carbonyl (C=O) groups is 2. The van der Waals surface area contributed by atoms with Crippen molar-refractivity contribution in [3.63, 3.8) is 0 Å². The van der Waals surface area contributed by atoms with Crippen LogP contribution in [0.5, 0.6) is 0 Å². The van der Waals surface area contributed by atoms with Gasteiger partial charge in [0.05, 0.1) is 64.6 Å². The average molecular weight is 1690 g/mol. The number of aliphatic hydroxyl groups is 26. The zero-order valence-corrected chi connectivity index (χ0v) is 62.4. The third kappa shape index (κ3) is 20.2. The van der Waals surface area contributed by atoms with Crippen LogP contribution in [0.25, 0.3) is 0 Å². The minimum absolute atomic E-state index is 0.933. The van der Waals surface area contributed by atoms with Crippen LogP contribution >= 0.6 is 0 Å². The summed E-state index contributed by atoms with van der Waals surface area (Å²) in [4.78, 5) is 26.9. The van der Waals surface area contributed by atoms with Gasteiger partial charge in [-0.1, -0.05) is 0 Å². The zero-order valence-electron chi connectivity index (χ0n) is 62.4. The third-order valence-electron chi connectivity index (χ3n) is 21.8. The number of rotatable bonds is 28. The molecule has 0 radical (unpaired) electrons. The molecule has 0 bridgehead atoms. The summed E-state index contributed by atoms with van der Waals surface area (Å²) in [5, 5.41) is 293. The van der Waals surface area contributed by atoms with E-state index < -0.39 is 365 Å². The second kappa shape index (κ2) is 40.6. The minimum Gasteiger partial charge on any atom is -0.394 e. The SMILES string of the molecule is CO[C@H]1O[C@H](CO[C@H]2O[C@H](CO)[C@@H](O)[C@H](O)[C@@H]2O[C@@H]2O[C@H](CO)[C@@H](O[C@@H]3O[C@H](CO)[C@H](O)[C@H](O)[C@H]3O)[C@H](O[C@H]3O[C@H](C)[C@H](O)[C@H](O)[C@H]3O)[C@H]2NC(C)=O)[C@@H](O)[C@H](O[C@H]2O[C@H](CO)[C@@H](O)[C@H](O)[C@@H]2O[C@@H]2O[C@H](CO)[C@@H](O[C@@H]3O[C@H](CO)[C@H](O)[C@H](O)[C@H]3O[C@H]3O[C@H](C)[C@H](O)[C@H](O)[C@H]3O)[C@H](O[C@H]3O[C@H](C)[C@H](O)[C@H](O)[C@H]3O)[C@H]2NC(C)=O)[C@@H]1O. The number of hydrogen-bond donors (Lipinski definition) is 28. The van der Waals surface area contributed by atoms with Crippen LogP contribution < -0.4 is 10.6 Å². The zero-order chi connectivity index (χ0) is 84.5. The Morgan fingerprint density at radius 1 is 0.252 bits per heavy atom. The van der Waals surface area contributed by atoms with Gasteiger partial charge in [-0.25, -0.2) is 0 Å². The molecule has 10 aliphatic heterocycles. The molecule has 668 valence electrons. The molecule has 2 amide bonds. The molecule has 50 atom stereocenters. The quantitative estimate of drug-likeness (QED) is 0.0346. The molecule has 10 fully saturated rings. The van der Waals surface area contributed by atoms with Gasteiger partial charge in [0.1, 0.15) is 226 Å². The summed E-state index contributed by atoms with van der Waals surface area (Å²) < 4.78 is 120. The van der Waals surface area contributed by atoms with Crippen molar-refractivity contribution in [3.8, 4) is 0 Å². The normalized spacial score (nSPS) is 52.1. The summed E-state index contributed by atoms with van der Waals surface area (Å²) in [6.45, 7) is -1.95. The Kier molecular flexibility index (Phi) is 33.3. The van der Waals surface area contributed by atoms with Crippen molar-refractivity contribution in [2.75, 3.05) is 53.4 Å². The lowest BCUT2D eigenvalue weighted by Gasteiger charge is -2.52. The summed E-state index contributed by atoms with van der Waals surface area (Å²) in [5.41, 5.74) is 0. The highest BCUT2D eigenvalue weighted by molar-refractivity contribution is 5.73. The van der Waals surface area contributed by atoms with Crippen molar-refractivity contribution in [2.24, 2.45) is 0 Å². The summed E-state index contributed by atoms with van der Waals surface area (Å²) in [6, 6.07) is -3.95. The maximum absolute atomic E-state index is 13.6. The van der Waals surface area contributed by atoms with E-state index >= 15 is 0 Å². The first-order valence-electron chi connectivity index (χ1n) is 37.1. The van der Waals surface area contributed by atoms with E-state index in [1.54, 1.807) is 0 Å². The van der Waals surface area contributed by atoms with Crippen LogP contribution in [0.3, 0.4) is 0 Å². The molecule has 10 saturated heterocycles. The number of nitrogens with one attached hydrogen (secondary N) is 2. The number of amides is 2. The Hall–Kier alpha value is -2.90. The molecule has 0 aromatic carbocycles. The first-order chi connectivity index (χ1) is 54.4. The monoisotopic (exact) mass is 1690 g/mol. The lowest BCUT2D eigenvalue weighted by molar-refractivity contribution is -0.405. The Balaban J connectivity index is 0.943. The molecule has 0 saturated carbocycles. The summed E-state index contributed by atoms with van der Waals surface area (Å²) in [6.07, 6.45) is -95.9. The lowest BCUT2D eigenvalue weighted by atomic mass is 9.93. The van der Waals surface area contributed by atoms with Gasteiger partial charge in [-0.05, 0) is 20.8 Å². The van der Waals surface area contributed by atoms with E-state index in [1.807, 2.05) is 0 Å². The third-order valence-corrected chi connectivity index (χ3v) is 21.8. The van der Waals surface area contributed by atoms with E-state index in [-0.39, 0.29) is 0 Å². The molecule has 10 heterocycles. The van der Waals surface area contributed by atoms with E-state index in [9.17, 15) is 142 Å². The molecule has 10 rings (SSSR count). The average Bonchev–Trinajstić information content (AvgIpc) is 0.763. The fraction of sp³-hybridized carbons (Fsp3) is 0.969. The summed E-state index contributed by atoms with van der Waals surface area (Å²) >= 11 is 0. The van der Waals surface area contributed by atoms with Gasteiger partial charge in [0, 0.05) is 21.0 Å². The van der Waals surface area contributed by atoms with Crippen molar-refractivity contribution in [1.82, 2.24) is 10.6 Å². The second-order valence-corrected chi connectivity index (χ2v) is 29.7. The molecule has 0 aliphatic carbocycles. The molecule has 50 nitrogen and oxygen atoms in total. The standard InChI is InChI=1S/C65H110N2O48/c1-14-28(76)36(84)43(91)59(98-14)110-50-26(66-17(4)74)56(105-23(11-72)48(50)108-62-46(94)39(87)31(79)19(7-68)101-62)113-53-40(88)32(80)20(8-69)102-63(53)97-13-25-35(83)52(47(95)58(96-6)107-25)112-65-54(41(89)33(81)22(10-71)104-65)114-57-27(67-18(5)75)51(111-60-44(92)37(85)29(77)15(2)99-60)49(24(12-73)106-57)109-64-55(42(90)34(82)21(9-70)103-64)115-61-45(93)38(86)30(78)16(3)100-61/h14-16,19-65,68-73,76-95H,7-13H2,1-6H3,(H,66,74)(H,67,75)/t14-,15-,16-,19-,20-,21-,22-,23-,24-,25-,26-,27-,28+,29+,30+,31+,32-,33-,34+,35-,36+,37+,38+,39+,40+,41+,42+,43-,44-,45-,46-,47+,48-,49-,50-,51-,52+,53+,54+,55-,56+,57+,58+,59-,60-,61-,62+,63+,64+,65-/m1/s1. The van der Waals surface area contributed by atoms with Crippen LogP contribution in [0.4, 0.5) is 0 Å². The molecule has 0 aromatic rings. The van der Waals surface area contributed by atoms with Gasteiger partial charge in [-0.15, -0.1) is 0 Å². The molecular weight excluding hydrogens is 1580 g/mol. The lowest BCUT2D eigenvalue weighted by Crippen LogP contribution is -2.71. The van der Waals surface area contributed by atoms with Crippen LogP contribution in [-0.2, 0) is 104 Å². The fourth-order valence-corrected chi connectivity index (χ4v) is 15.1. The van der Waals surface area contributed by atoms with Gasteiger partial charge in [-0.3, -0.25) is 9.59 Å². The predicted octanol–water partition coefficient (Wildman–Crippen LogP) is -18.8. The van der Waals surface area contributed by atoms with E-state index in [4.69, 9.17) is 94.7 Å². The fourth-order valence-electron chi connectivity index (χ4n) is 15.1. The van der Waals surface area contributed by atoms with E-state index in [0.29, 0.717) is 0 Å². The Labute approximate surface area is 652 Å². The number of ether oxygens (including phenoxy) is 20. The van der Waals surface area contributed by atoms with Gasteiger partial charge in [0.2, 0.25) is 11.8 Å². The van der Waals surface area contributed by atoms with Gasteiger partial charge in [0.25, 0.3) is 0 Å². The van der Waals surface area contributed by atoms with Gasteiger partial charge < -0.3 is 238 Å². The van der Waals surface area contributed by atoms with Gasteiger partial charge in [-0.2, -0.15) is 0 Å². The second-order valence-electron chi connectivity index (χ2n) is 29.7. The topological polar surface area (TPSA) is 769 Å². The smallest absolute Gasteiger partial charge is 0.217 e. The summed E-state index contributed by atoms with van der Waals surface area (Å²) in [7, 11) is 0.996. The maximum atomic E-state index is 13.6. The largest absolute Gasteiger partial charge is 0.394 e. The minimum atomic E-state index is -2.37.